The van der Waals surface area contributed by atoms with Crippen molar-refractivity contribution in [1.82, 2.24) is 4.98 Å². The molecule has 0 atom stereocenters. The van der Waals surface area contributed by atoms with Gasteiger partial charge >= 0.3 is 6.36 Å². The lowest BCUT2D eigenvalue weighted by molar-refractivity contribution is -0.276. The summed E-state index contributed by atoms with van der Waals surface area (Å²) in [5.74, 6) is -0.558. The first-order valence-corrected chi connectivity index (χ1v) is 4.14. The van der Waals surface area contributed by atoms with Gasteiger partial charge in [0.2, 0.25) is 5.88 Å². The fourth-order valence-electron chi connectivity index (χ4n) is 1.18. The summed E-state index contributed by atoms with van der Waals surface area (Å²) in [4.78, 5) is 14.1. The Balaban J connectivity index is 3.15. The maximum atomic E-state index is 11.9. The van der Waals surface area contributed by atoms with E-state index in [2.05, 4.69) is 9.72 Å². The van der Waals surface area contributed by atoms with E-state index in [0.717, 1.165) is 6.07 Å². The average molecular weight is 235 g/mol. The Kier molecular flexibility index (Phi) is 3.36. The van der Waals surface area contributed by atoms with Gasteiger partial charge in [0.25, 0.3) is 0 Å². The number of nitrogens with zero attached hydrogens (tertiary/aromatic N) is 1. The summed E-state index contributed by atoms with van der Waals surface area (Å²) in [6.45, 7) is 1.41. The van der Waals surface area contributed by atoms with E-state index in [0.29, 0.717) is 6.29 Å². The van der Waals surface area contributed by atoms with Crippen molar-refractivity contribution >= 4 is 6.29 Å². The van der Waals surface area contributed by atoms with Gasteiger partial charge in [-0.2, -0.15) is 0 Å². The summed E-state index contributed by atoms with van der Waals surface area (Å²) in [7, 11) is 1.29. The molecule has 0 aromatic carbocycles. The van der Waals surface area contributed by atoms with E-state index >= 15 is 0 Å². The van der Waals surface area contributed by atoms with E-state index < -0.39 is 12.2 Å². The second-order valence-electron chi connectivity index (χ2n) is 2.83. The Morgan fingerprint density at radius 2 is 2.06 bits per heavy atom. The molecule has 0 aliphatic heterocycles. The maximum absolute atomic E-state index is 11.9. The normalized spacial score (nSPS) is 11.1. The standard InChI is InChI=1S/C9H8F3NO3/c1-5-8(15-2)6(4-14)3-7(13-5)16-9(10,11)12/h3-4H,1-2H3. The Morgan fingerprint density at radius 3 is 2.50 bits per heavy atom. The van der Waals surface area contributed by atoms with Crippen LogP contribution in [0.15, 0.2) is 6.07 Å². The average Bonchev–Trinajstić information content (AvgIpc) is 2.14. The highest BCUT2D eigenvalue weighted by molar-refractivity contribution is 5.80. The number of hydrogen-bond donors (Lipinski definition) is 0. The van der Waals surface area contributed by atoms with E-state index in [1.807, 2.05) is 0 Å². The van der Waals surface area contributed by atoms with Gasteiger partial charge in [-0.3, -0.25) is 4.79 Å². The van der Waals surface area contributed by atoms with Crippen molar-refractivity contribution in [3.63, 3.8) is 0 Å². The minimum atomic E-state index is -4.84. The fourth-order valence-corrected chi connectivity index (χ4v) is 1.18. The predicted molar refractivity (Wildman–Crippen MR) is 47.6 cm³/mol. The lowest BCUT2D eigenvalue weighted by Crippen LogP contribution is -2.18. The van der Waals surface area contributed by atoms with Crippen molar-refractivity contribution < 1.29 is 27.4 Å². The van der Waals surface area contributed by atoms with Gasteiger partial charge < -0.3 is 9.47 Å². The summed E-state index contributed by atoms with van der Waals surface area (Å²) >= 11 is 0. The fraction of sp³-hybridized carbons (Fsp3) is 0.333. The molecule has 0 fully saturated rings. The number of aromatic nitrogens is 1. The molecule has 7 heteroatoms. The third kappa shape index (κ3) is 2.85. The molecule has 0 aliphatic rings. The van der Waals surface area contributed by atoms with Crippen molar-refractivity contribution in [2.45, 2.75) is 13.3 Å². The van der Waals surface area contributed by atoms with Crippen LogP contribution in [0.1, 0.15) is 16.1 Å². The highest BCUT2D eigenvalue weighted by atomic mass is 19.4. The third-order valence-corrected chi connectivity index (χ3v) is 1.70. The zero-order valence-electron chi connectivity index (χ0n) is 8.46. The molecule has 16 heavy (non-hydrogen) atoms. The summed E-state index contributed by atoms with van der Waals surface area (Å²) in [6.07, 6.45) is -4.47. The van der Waals surface area contributed by atoms with E-state index in [1.54, 1.807) is 0 Å². The molecule has 0 unspecified atom stereocenters. The van der Waals surface area contributed by atoms with Crippen molar-refractivity contribution in [3.05, 3.63) is 17.3 Å². The van der Waals surface area contributed by atoms with Gasteiger partial charge in [-0.15, -0.1) is 13.2 Å². The zero-order chi connectivity index (χ0) is 12.3. The molecule has 1 aromatic heterocycles. The molecular weight excluding hydrogens is 227 g/mol. The quantitative estimate of drug-likeness (QED) is 0.753. The molecule has 0 saturated carbocycles. The van der Waals surface area contributed by atoms with E-state index in [4.69, 9.17) is 4.74 Å². The van der Waals surface area contributed by atoms with Crippen molar-refractivity contribution in [2.24, 2.45) is 0 Å². The smallest absolute Gasteiger partial charge is 0.494 e. The molecule has 4 nitrogen and oxygen atoms in total. The van der Waals surface area contributed by atoms with Crippen LogP contribution in [0.25, 0.3) is 0 Å². The number of carbonyl (C=O) groups excluding carboxylic acids is 1. The van der Waals surface area contributed by atoms with E-state index in [9.17, 15) is 18.0 Å². The van der Waals surface area contributed by atoms with Crippen molar-refractivity contribution in [1.29, 1.82) is 0 Å². The van der Waals surface area contributed by atoms with Gasteiger partial charge in [0.1, 0.15) is 0 Å². The number of alkyl halides is 3. The van der Waals surface area contributed by atoms with Crippen LogP contribution in [0.3, 0.4) is 0 Å². The number of ether oxygens (including phenoxy) is 2. The number of halogens is 3. The molecule has 0 N–H and O–H groups in total. The SMILES string of the molecule is COc1c(C=O)cc(OC(F)(F)F)nc1C. The summed E-state index contributed by atoms with van der Waals surface area (Å²) < 4.78 is 44.1. The van der Waals surface area contributed by atoms with Crippen molar-refractivity contribution in [3.8, 4) is 11.6 Å². The van der Waals surface area contributed by atoms with Crippen LogP contribution < -0.4 is 9.47 Å². The van der Waals surface area contributed by atoms with Crippen molar-refractivity contribution in [2.75, 3.05) is 7.11 Å². The molecular formula is C9H8F3NO3. The summed E-state index contributed by atoms with van der Waals surface area (Å²) in [5.41, 5.74) is 0.0978. The number of pyridine rings is 1. The molecule has 0 aliphatic carbocycles. The summed E-state index contributed by atoms with van der Waals surface area (Å²) in [5, 5.41) is 0. The molecule has 1 aromatic rings. The van der Waals surface area contributed by atoms with E-state index in [1.165, 1.54) is 14.0 Å². The molecule has 0 saturated heterocycles. The molecule has 0 spiro atoms. The number of hydrogen-bond acceptors (Lipinski definition) is 4. The molecule has 0 radical (unpaired) electrons. The van der Waals surface area contributed by atoms with Crippen LogP contribution in [0.2, 0.25) is 0 Å². The monoisotopic (exact) mass is 235 g/mol. The van der Waals surface area contributed by atoms with Crippen LogP contribution in [-0.2, 0) is 0 Å². The topological polar surface area (TPSA) is 48.4 Å². The highest BCUT2D eigenvalue weighted by Crippen LogP contribution is 2.27. The summed E-state index contributed by atoms with van der Waals surface area (Å²) in [6, 6.07) is 0.867. The first kappa shape index (κ1) is 12.3. The first-order valence-electron chi connectivity index (χ1n) is 4.14. The van der Waals surface area contributed by atoms with Crippen LogP contribution >= 0.6 is 0 Å². The molecule has 0 amide bonds. The lowest BCUT2D eigenvalue weighted by Gasteiger charge is -2.11. The Labute approximate surface area is 89.0 Å². The van der Waals surface area contributed by atoms with E-state index in [-0.39, 0.29) is 17.0 Å². The lowest BCUT2D eigenvalue weighted by atomic mass is 10.2. The van der Waals surface area contributed by atoms with Crippen LogP contribution in [-0.4, -0.2) is 24.7 Å². The highest BCUT2D eigenvalue weighted by Gasteiger charge is 2.32. The predicted octanol–water partition coefficient (Wildman–Crippen LogP) is 2.11. The number of carbonyl (C=O) groups is 1. The second-order valence-corrected chi connectivity index (χ2v) is 2.83. The van der Waals surface area contributed by atoms with Gasteiger partial charge in [0, 0.05) is 6.07 Å². The number of aryl methyl sites for hydroxylation is 1. The van der Waals surface area contributed by atoms with Gasteiger partial charge in [-0.1, -0.05) is 0 Å². The maximum Gasteiger partial charge on any atom is 0.574 e. The molecule has 1 heterocycles. The van der Waals surface area contributed by atoms with Gasteiger partial charge in [0.15, 0.2) is 12.0 Å². The minimum absolute atomic E-state index is 0.0470. The van der Waals surface area contributed by atoms with Crippen LogP contribution in [0, 0.1) is 6.92 Å². The van der Waals surface area contributed by atoms with Crippen LogP contribution in [0.5, 0.6) is 11.6 Å². The first-order chi connectivity index (χ1) is 7.37. The number of aldehydes is 1. The van der Waals surface area contributed by atoms with Gasteiger partial charge in [-0.05, 0) is 6.92 Å². The van der Waals surface area contributed by atoms with Crippen LogP contribution in [0.4, 0.5) is 13.2 Å². The largest absolute Gasteiger partial charge is 0.574 e. The minimum Gasteiger partial charge on any atom is -0.494 e. The Bertz CT molecular complexity index is 404. The number of rotatable bonds is 3. The number of methoxy groups -OCH3 is 1. The third-order valence-electron chi connectivity index (χ3n) is 1.70. The molecule has 88 valence electrons. The molecule has 0 bridgehead atoms. The second kappa shape index (κ2) is 4.38. The Morgan fingerprint density at radius 1 is 1.44 bits per heavy atom. The Hall–Kier alpha value is -1.79. The zero-order valence-corrected chi connectivity index (χ0v) is 8.46. The van der Waals surface area contributed by atoms with Gasteiger partial charge in [-0.25, -0.2) is 4.98 Å². The van der Waals surface area contributed by atoms with Gasteiger partial charge in [0.05, 0.1) is 18.4 Å². The molecule has 1 rings (SSSR count).